The topological polar surface area (TPSA) is 59.2 Å². The van der Waals surface area contributed by atoms with Crippen molar-refractivity contribution in [2.24, 2.45) is 11.7 Å². The molecular formula is C13H19N3O. The van der Waals surface area contributed by atoms with E-state index in [4.69, 9.17) is 5.73 Å². The van der Waals surface area contributed by atoms with Crippen LogP contribution < -0.4 is 5.73 Å². The molecule has 1 heterocycles. The maximum absolute atomic E-state index is 12.3. The highest BCUT2D eigenvalue weighted by molar-refractivity contribution is 5.95. The fourth-order valence-corrected chi connectivity index (χ4v) is 2.20. The van der Waals surface area contributed by atoms with E-state index in [-0.39, 0.29) is 11.9 Å². The van der Waals surface area contributed by atoms with Crippen LogP contribution in [0.15, 0.2) is 18.3 Å². The Kier molecular flexibility index (Phi) is 3.43. The van der Waals surface area contributed by atoms with Gasteiger partial charge in [0.05, 0.1) is 5.56 Å². The van der Waals surface area contributed by atoms with Crippen LogP contribution in [-0.2, 0) is 0 Å². The fourth-order valence-electron chi connectivity index (χ4n) is 2.20. The number of nitrogens with zero attached hydrogens (tertiary/aromatic N) is 2. The minimum absolute atomic E-state index is 0.0259. The lowest BCUT2D eigenvalue weighted by molar-refractivity contribution is 0.0717. The van der Waals surface area contributed by atoms with Crippen molar-refractivity contribution in [1.29, 1.82) is 0 Å². The first-order chi connectivity index (χ1) is 8.15. The molecule has 1 aliphatic carbocycles. The van der Waals surface area contributed by atoms with Crippen LogP contribution in [0, 0.1) is 12.8 Å². The summed E-state index contributed by atoms with van der Waals surface area (Å²) in [6.45, 7) is 2.39. The zero-order valence-electron chi connectivity index (χ0n) is 10.4. The molecule has 4 heteroatoms. The highest BCUT2D eigenvalue weighted by Gasteiger charge is 2.35. The molecular weight excluding hydrogens is 214 g/mol. The van der Waals surface area contributed by atoms with Crippen molar-refractivity contribution in [3.8, 4) is 0 Å². The third-order valence-corrected chi connectivity index (χ3v) is 3.46. The molecule has 0 saturated heterocycles. The van der Waals surface area contributed by atoms with Crippen LogP contribution in [0.5, 0.6) is 0 Å². The Bertz CT molecular complexity index is 415. The van der Waals surface area contributed by atoms with Crippen LogP contribution in [0.2, 0.25) is 0 Å². The van der Waals surface area contributed by atoms with E-state index >= 15 is 0 Å². The van der Waals surface area contributed by atoms with Gasteiger partial charge < -0.3 is 10.6 Å². The van der Waals surface area contributed by atoms with Gasteiger partial charge in [0.2, 0.25) is 0 Å². The van der Waals surface area contributed by atoms with Gasteiger partial charge in [0.1, 0.15) is 0 Å². The minimum Gasteiger partial charge on any atom is -0.337 e. The van der Waals surface area contributed by atoms with Crippen LogP contribution in [0.3, 0.4) is 0 Å². The Morgan fingerprint density at radius 1 is 1.65 bits per heavy atom. The number of hydrogen-bond acceptors (Lipinski definition) is 3. The molecule has 4 nitrogen and oxygen atoms in total. The highest BCUT2D eigenvalue weighted by atomic mass is 16.2. The Morgan fingerprint density at radius 2 is 2.35 bits per heavy atom. The van der Waals surface area contributed by atoms with E-state index in [1.54, 1.807) is 17.2 Å². The van der Waals surface area contributed by atoms with Gasteiger partial charge in [-0.2, -0.15) is 0 Å². The molecule has 92 valence electrons. The van der Waals surface area contributed by atoms with Gasteiger partial charge in [-0.3, -0.25) is 9.78 Å². The number of rotatable bonds is 4. The molecule has 2 rings (SSSR count). The van der Waals surface area contributed by atoms with E-state index in [1.807, 2.05) is 20.0 Å². The number of carbonyl (C=O) groups is 1. The SMILES string of the molecule is Cc1ncccc1C(=O)N(C)C(CN)C1CC1. The summed E-state index contributed by atoms with van der Waals surface area (Å²) in [5, 5.41) is 0. The predicted octanol–water partition coefficient (Wildman–Crippen LogP) is 1.20. The quantitative estimate of drug-likeness (QED) is 0.850. The predicted molar refractivity (Wildman–Crippen MR) is 66.6 cm³/mol. The normalized spacial score (nSPS) is 16.6. The van der Waals surface area contributed by atoms with E-state index in [0.717, 1.165) is 5.69 Å². The highest BCUT2D eigenvalue weighted by Crippen LogP contribution is 2.34. The molecule has 1 atom stereocenters. The van der Waals surface area contributed by atoms with Crippen molar-refractivity contribution in [2.45, 2.75) is 25.8 Å². The lowest BCUT2D eigenvalue weighted by Gasteiger charge is -2.27. The number of pyridine rings is 1. The molecule has 0 bridgehead atoms. The van der Waals surface area contributed by atoms with E-state index in [0.29, 0.717) is 18.0 Å². The molecule has 1 fully saturated rings. The third-order valence-electron chi connectivity index (χ3n) is 3.46. The zero-order valence-corrected chi connectivity index (χ0v) is 10.4. The summed E-state index contributed by atoms with van der Waals surface area (Å²) in [6, 6.07) is 3.78. The molecule has 2 N–H and O–H groups in total. The summed E-state index contributed by atoms with van der Waals surface area (Å²) in [4.78, 5) is 18.3. The van der Waals surface area contributed by atoms with Crippen molar-refractivity contribution >= 4 is 5.91 Å². The number of amides is 1. The first-order valence-corrected chi connectivity index (χ1v) is 6.04. The molecule has 0 aliphatic heterocycles. The van der Waals surface area contributed by atoms with Crippen LogP contribution in [-0.4, -0.2) is 35.4 Å². The van der Waals surface area contributed by atoms with Crippen LogP contribution >= 0.6 is 0 Å². The second-order valence-corrected chi connectivity index (χ2v) is 4.69. The molecule has 0 radical (unpaired) electrons. The second kappa shape index (κ2) is 4.84. The first kappa shape index (κ1) is 12.0. The van der Waals surface area contributed by atoms with Crippen molar-refractivity contribution in [2.75, 3.05) is 13.6 Å². The molecule has 17 heavy (non-hydrogen) atoms. The maximum Gasteiger partial charge on any atom is 0.255 e. The number of aromatic nitrogens is 1. The minimum atomic E-state index is 0.0259. The molecule has 1 aromatic heterocycles. The van der Waals surface area contributed by atoms with Gasteiger partial charge in [-0.25, -0.2) is 0 Å². The van der Waals surface area contributed by atoms with Gasteiger partial charge in [0, 0.05) is 31.5 Å². The van der Waals surface area contributed by atoms with Gasteiger partial charge in [-0.15, -0.1) is 0 Å². The van der Waals surface area contributed by atoms with Gasteiger partial charge >= 0.3 is 0 Å². The standard InChI is InChI=1S/C13H19N3O/c1-9-11(4-3-7-15-9)13(17)16(2)12(8-14)10-5-6-10/h3-4,7,10,12H,5-6,8,14H2,1-2H3. The number of aryl methyl sites for hydroxylation is 1. The number of hydrogen-bond donors (Lipinski definition) is 1. The van der Waals surface area contributed by atoms with Gasteiger partial charge in [0.15, 0.2) is 0 Å². The fraction of sp³-hybridized carbons (Fsp3) is 0.538. The van der Waals surface area contributed by atoms with E-state index < -0.39 is 0 Å². The van der Waals surface area contributed by atoms with Crippen molar-refractivity contribution < 1.29 is 4.79 Å². The Labute approximate surface area is 102 Å². The molecule has 1 aromatic rings. The van der Waals surface area contributed by atoms with Crippen molar-refractivity contribution in [1.82, 2.24) is 9.88 Å². The first-order valence-electron chi connectivity index (χ1n) is 6.04. The lowest BCUT2D eigenvalue weighted by atomic mass is 10.1. The average Bonchev–Trinajstić information content (AvgIpc) is 3.14. The number of nitrogens with two attached hydrogens (primary N) is 1. The monoisotopic (exact) mass is 233 g/mol. The van der Waals surface area contributed by atoms with Crippen LogP contribution in [0.1, 0.15) is 28.9 Å². The van der Waals surface area contributed by atoms with E-state index in [2.05, 4.69) is 4.98 Å². The molecule has 1 aliphatic rings. The summed E-state index contributed by atoms with van der Waals surface area (Å²) in [5.74, 6) is 0.615. The number of likely N-dealkylation sites (N-methyl/N-ethyl adjacent to an activating group) is 1. The van der Waals surface area contributed by atoms with E-state index in [1.165, 1.54) is 12.8 Å². The molecule has 0 aromatic carbocycles. The van der Waals surface area contributed by atoms with Gasteiger partial charge in [0.25, 0.3) is 5.91 Å². The summed E-state index contributed by atoms with van der Waals surface area (Å²) < 4.78 is 0. The van der Waals surface area contributed by atoms with Crippen LogP contribution in [0.4, 0.5) is 0 Å². The van der Waals surface area contributed by atoms with E-state index in [9.17, 15) is 4.79 Å². The molecule has 1 unspecified atom stereocenters. The maximum atomic E-state index is 12.3. The second-order valence-electron chi connectivity index (χ2n) is 4.69. The largest absolute Gasteiger partial charge is 0.337 e. The summed E-state index contributed by atoms with van der Waals surface area (Å²) in [7, 11) is 1.84. The number of carbonyl (C=O) groups excluding carboxylic acids is 1. The molecule has 1 saturated carbocycles. The van der Waals surface area contributed by atoms with Gasteiger partial charge in [-0.1, -0.05) is 0 Å². The van der Waals surface area contributed by atoms with Crippen molar-refractivity contribution in [3.05, 3.63) is 29.6 Å². The summed E-state index contributed by atoms with van der Waals surface area (Å²) in [5.41, 5.74) is 7.21. The van der Waals surface area contributed by atoms with Crippen molar-refractivity contribution in [3.63, 3.8) is 0 Å². The van der Waals surface area contributed by atoms with Crippen LogP contribution in [0.25, 0.3) is 0 Å². The summed E-state index contributed by atoms with van der Waals surface area (Å²) in [6.07, 6.45) is 4.07. The lowest BCUT2D eigenvalue weighted by Crippen LogP contribution is -2.43. The third kappa shape index (κ3) is 2.47. The zero-order chi connectivity index (χ0) is 12.4. The molecule has 0 spiro atoms. The van der Waals surface area contributed by atoms with Gasteiger partial charge in [-0.05, 0) is 37.8 Å². The molecule has 1 amide bonds. The smallest absolute Gasteiger partial charge is 0.255 e. The Balaban J connectivity index is 2.16. The summed E-state index contributed by atoms with van der Waals surface area (Å²) >= 11 is 0. The Hall–Kier alpha value is -1.42. The average molecular weight is 233 g/mol. The Morgan fingerprint density at radius 3 is 2.88 bits per heavy atom.